The van der Waals surface area contributed by atoms with Crippen molar-refractivity contribution < 1.29 is 9.59 Å². The highest BCUT2D eigenvalue weighted by atomic mass is 32.2. The van der Waals surface area contributed by atoms with E-state index in [2.05, 4.69) is 29.1 Å². The van der Waals surface area contributed by atoms with Gasteiger partial charge in [-0.25, -0.2) is 4.99 Å². The Labute approximate surface area is 189 Å². The Morgan fingerprint density at radius 2 is 1.87 bits per heavy atom. The van der Waals surface area contributed by atoms with Gasteiger partial charge in [-0.3, -0.25) is 9.59 Å². The van der Waals surface area contributed by atoms with Crippen LogP contribution in [-0.4, -0.2) is 53.9 Å². The van der Waals surface area contributed by atoms with Gasteiger partial charge >= 0.3 is 0 Å². The lowest BCUT2D eigenvalue weighted by molar-refractivity contribution is -0.113. The maximum absolute atomic E-state index is 12.4. The molecule has 0 fully saturated rings. The minimum Gasteiger partial charge on any atom is -0.352 e. The van der Waals surface area contributed by atoms with Gasteiger partial charge in [0.15, 0.2) is 0 Å². The van der Waals surface area contributed by atoms with Crippen LogP contribution in [0.1, 0.15) is 49.0 Å². The van der Waals surface area contributed by atoms with E-state index in [4.69, 9.17) is 0 Å². The molecule has 1 aromatic rings. The minimum absolute atomic E-state index is 0.0618. The van der Waals surface area contributed by atoms with Crippen molar-refractivity contribution in [2.24, 2.45) is 4.99 Å². The van der Waals surface area contributed by atoms with Crippen LogP contribution in [0.4, 0.5) is 0 Å². The average Bonchev–Trinajstić information content (AvgIpc) is 2.78. The number of amides is 2. The molecule has 31 heavy (non-hydrogen) atoms. The van der Waals surface area contributed by atoms with Crippen molar-refractivity contribution in [3.63, 3.8) is 0 Å². The fraction of sp³-hybridized carbons (Fsp3) is 0.400. The Hall–Kier alpha value is -2.44. The molecule has 1 unspecified atom stereocenters. The number of hydrogen-bond donors (Lipinski definition) is 1. The summed E-state index contributed by atoms with van der Waals surface area (Å²) in [4.78, 5) is 32.0. The number of carbonyl (C=O) groups is 2. The lowest BCUT2D eigenvalue weighted by atomic mass is 10.1. The average molecular weight is 438 g/mol. The Morgan fingerprint density at radius 1 is 1.13 bits per heavy atom. The number of rotatable bonds is 10. The lowest BCUT2D eigenvalue weighted by Crippen LogP contribution is -2.31. The zero-order valence-electron chi connectivity index (χ0n) is 18.3. The Bertz CT molecular complexity index is 894. The first kappa shape index (κ1) is 23.2. The monoisotopic (exact) mass is 437 g/mol. The van der Waals surface area contributed by atoms with E-state index in [1.54, 1.807) is 12.1 Å². The number of carbonyl (C=O) groups excluding carboxylic acids is 2. The van der Waals surface area contributed by atoms with Gasteiger partial charge in [0.2, 0.25) is 0 Å². The molecule has 0 saturated carbocycles. The van der Waals surface area contributed by atoms with Crippen LogP contribution >= 0.6 is 11.8 Å². The van der Waals surface area contributed by atoms with Crippen molar-refractivity contribution >= 4 is 35.4 Å². The number of aliphatic imine (C=N–C) groups is 1. The predicted molar refractivity (Wildman–Crippen MR) is 130 cm³/mol. The van der Waals surface area contributed by atoms with E-state index in [9.17, 15) is 9.59 Å². The van der Waals surface area contributed by atoms with Crippen molar-refractivity contribution in [2.75, 3.05) is 26.2 Å². The maximum atomic E-state index is 12.4. The summed E-state index contributed by atoms with van der Waals surface area (Å²) in [6.07, 6.45) is 12.9. The quantitative estimate of drug-likeness (QED) is 0.433. The molecule has 5 nitrogen and oxygen atoms in total. The van der Waals surface area contributed by atoms with Gasteiger partial charge in [-0.1, -0.05) is 44.2 Å². The van der Waals surface area contributed by atoms with Crippen LogP contribution in [0.25, 0.3) is 6.08 Å². The SMILES string of the molecule is CCCN(CCC)CCCNC(=O)c1ccc(/C=C2/SC3C=CC=CC3=NC2=O)cc1. The summed E-state index contributed by atoms with van der Waals surface area (Å²) in [7, 11) is 0. The van der Waals surface area contributed by atoms with E-state index in [0.29, 0.717) is 17.0 Å². The van der Waals surface area contributed by atoms with E-state index in [1.807, 2.05) is 42.5 Å². The molecule has 0 spiro atoms. The highest BCUT2D eigenvalue weighted by molar-refractivity contribution is 8.05. The third kappa shape index (κ3) is 6.77. The molecule has 0 saturated heterocycles. The van der Waals surface area contributed by atoms with Crippen LogP contribution in [0.3, 0.4) is 0 Å². The molecule has 1 atom stereocenters. The first-order chi connectivity index (χ1) is 15.1. The van der Waals surface area contributed by atoms with Crippen molar-refractivity contribution in [3.8, 4) is 0 Å². The smallest absolute Gasteiger partial charge is 0.283 e. The summed E-state index contributed by atoms with van der Waals surface area (Å²) in [6.45, 7) is 8.29. The predicted octanol–water partition coefficient (Wildman–Crippen LogP) is 4.48. The zero-order valence-corrected chi connectivity index (χ0v) is 19.2. The molecule has 0 radical (unpaired) electrons. The summed E-state index contributed by atoms with van der Waals surface area (Å²) in [6, 6.07) is 7.35. The van der Waals surface area contributed by atoms with Gasteiger partial charge in [-0.15, -0.1) is 11.8 Å². The third-order valence-corrected chi connectivity index (χ3v) is 6.34. The second kappa shape index (κ2) is 11.8. The maximum Gasteiger partial charge on any atom is 0.283 e. The molecular formula is C25H31N3O2S. The second-order valence-electron chi connectivity index (χ2n) is 7.71. The van der Waals surface area contributed by atoms with Gasteiger partial charge in [0.1, 0.15) is 0 Å². The number of hydrogen-bond acceptors (Lipinski definition) is 4. The molecule has 3 rings (SSSR count). The van der Waals surface area contributed by atoms with Crippen LogP contribution in [0.15, 0.2) is 58.5 Å². The van der Waals surface area contributed by atoms with E-state index in [1.165, 1.54) is 11.8 Å². The number of fused-ring (bicyclic) bond motifs is 1. The first-order valence-electron chi connectivity index (χ1n) is 11.1. The fourth-order valence-electron chi connectivity index (χ4n) is 3.63. The molecule has 1 N–H and O–H groups in total. The van der Waals surface area contributed by atoms with Gasteiger partial charge in [0, 0.05) is 12.1 Å². The zero-order chi connectivity index (χ0) is 22.1. The Balaban J connectivity index is 1.52. The van der Waals surface area contributed by atoms with Crippen LogP contribution in [0, 0.1) is 0 Å². The summed E-state index contributed by atoms with van der Waals surface area (Å²) >= 11 is 1.51. The van der Waals surface area contributed by atoms with Gasteiger partial charge < -0.3 is 10.2 Å². The van der Waals surface area contributed by atoms with Crippen molar-refractivity contribution in [3.05, 3.63) is 64.6 Å². The van der Waals surface area contributed by atoms with Crippen LogP contribution in [0.5, 0.6) is 0 Å². The van der Waals surface area contributed by atoms with Crippen molar-refractivity contribution in [2.45, 2.75) is 38.4 Å². The molecule has 1 aliphatic carbocycles. The van der Waals surface area contributed by atoms with E-state index in [0.717, 1.165) is 50.2 Å². The number of thioether (sulfide) groups is 1. The molecule has 2 aliphatic rings. The van der Waals surface area contributed by atoms with Crippen LogP contribution in [-0.2, 0) is 4.79 Å². The molecule has 1 aliphatic heterocycles. The first-order valence-corrected chi connectivity index (χ1v) is 12.0. The molecule has 0 aromatic heterocycles. The second-order valence-corrected chi connectivity index (χ2v) is 8.89. The van der Waals surface area contributed by atoms with E-state index >= 15 is 0 Å². The highest BCUT2D eigenvalue weighted by Gasteiger charge is 2.25. The highest BCUT2D eigenvalue weighted by Crippen LogP contribution is 2.32. The number of nitrogens with one attached hydrogen (secondary N) is 1. The lowest BCUT2D eigenvalue weighted by Gasteiger charge is -2.20. The molecule has 2 amide bonds. The Morgan fingerprint density at radius 3 is 2.58 bits per heavy atom. The van der Waals surface area contributed by atoms with E-state index in [-0.39, 0.29) is 17.1 Å². The molecule has 1 heterocycles. The topological polar surface area (TPSA) is 61.8 Å². The minimum atomic E-state index is -0.210. The van der Waals surface area contributed by atoms with Gasteiger partial charge in [0.25, 0.3) is 11.8 Å². The number of benzene rings is 1. The van der Waals surface area contributed by atoms with E-state index < -0.39 is 0 Å². The Kier molecular flexibility index (Phi) is 8.85. The van der Waals surface area contributed by atoms with Crippen molar-refractivity contribution in [1.29, 1.82) is 0 Å². The normalized spacial score (nSPS) is 18.9. The van der Waals surface area contributed by atoms with Gasteiger partial charge in [-0.05, 0) is 68.7 Å². The summed E-state index contributed by atoms with van der Waals surface area (Å²) in [5.74, 6) is -0.272. The fourth-order valence-corrected chi connectivity index (χ4v) is 4.67. The van der Waals surface area contributed by atoms with Crippen LogP contribution in [0.2, 0.25) is 0 Å². The molecule has 0 bridgehead atoms. The molecule has 1 aromatic carbocycles. The van der Waals surface area contributed by atoms with Crippen LogP contribution < -0.4 is 5.32 Å². The molecule has 6 heteroatoms. The number of nitrogens with zero attached hydrogens (tertiary/aromatic N) is 2. The third-order valence-electron chi connectivity index (χ3n) is 5.14. The van der Waals surface area contributed by atoms with Gasteiger partial charge in [0.05, 0.1) is 15.9 Å². The largest absolute Gasteiger partial charge is 0.352 e. The molecule has 164 valence electrons. The summed E-state index contributed by atoms with van der Waals surface area (Å²) in [5, 5.41) is 3.09. The summed E-state index contributed by atoms with van der Waals surface area (Å²) in [5.41, 5.74) is 2.31. The number of allylic oxidation sites excluding steroid dienone is 3. The molecular weight excluding hydrogens is 406 g/mol. The van der Waals surface area contributed by atoms with Gasteiger partial charge in [-0.2, -0.15) is 0 Å². The van der Waals surface area contributed by atoms with Crippen molar-refractivity contribution in [1.82, 2.24) is 10.2 Å². The standard InChI is InChI=1S/C25H31N3O2S/c1-3-15-28(16-4-2)17-7-14-26-24(29)20-12-10-19(11-13-20)18-23-25(30)27-21-8-5-6-9-22(21)31-23/h5-6,8-13,18,22H,3-4,7,14-17H2,1-2H3,(H,26,29)/b23-18+. The summed E-state index contributed by atoms with van der Waals surface area (Å²) < 4.78 is 0.